The Morgan fingerprint density at radius 3 is 1.71 bits per heavy atom. The molecule has 1 aliphatic rings. The summed E-state index contributed by atoms with van der Waals surface area (Å²) in [4.78, 5) is 0. The van der Waals surface area contributed by atoms with E-state index in [0.29, 0.717) is 25.7 Å². The van der Waals surface area contributed by atoms with E-state index in [1.807, 2.05) is 42.5 Å². The minimum Gasteiger partial charge on any atom is -0.748 e. The van der Waals surface area contributed by atoms with Crippen LogP contribution in [0.3, 0.4) is 0 Å². The van der Waals surface area contributed by atoms with Gasteiger partial charge in [0.25, 0.3) is 0 Å². The fourth-order valence-corrected chi connectivity index (χ4v) is 6.46. The van der Waals surface area contributed by atoms with Crippen molar-refractivity contribution in [1.29, 1.82) is 0 Å². The largest absolute Gasteiger partial charge is 0.748 e. The van der Waals surface area contributed by atoms with Crippen LogP contribution in [0.4, 0.5) is 0 Å². The van der Waals surface area contributed by atoms with Crippen LogP contribution in [-0.2, 0) is 25.7 Å². The average molecular weight is 513 g/mol. The summed E-state index contributed by atoms with van der Waals surface area (Å²) in [5.74, 6) is -0.813. The Hall–Kier alpha value is -2.52. The van der Waals surface area contributed by atoms with Gasteiger partial charge < -0.3 is 9.11 Å². The van der Waals surface area contributed by atoms with Gasteiger partial charge in [0, 0.05) is 16.9 Å². The quantitative estimate of drug-likeness (QED) is 0.262. The first-order valence-corrected chi connectivity index (χ1v) is 14.9. The molecule has 0 N–H and O–H groups in total. The highest BCUT2D eigenvalue weighted by molar-refractivity contribution is 7.85. The summed E-state index contributed by atoms with van der Waals surface area (Å²) < 4.78 is 67.0. The van der Waals surface area contributed by atoms with E-state index in [0.717, 1.165) is 33.4 Å². The zero-order valence-electron chi connectivity index (χ0n) is 19.4. The van der Waals surface area contributed by atoms with E-state index in [4.69, 9.17) is 0 Å². The normalized spacial score (nSPS) is 14.5. The molecule has 186 valence electrons. The number of unbranched alkanes of at least 4 members (excludes halogenated alkanes) is 2. The van der Waals surface area contributed by atoms with Gasteiger partial charge in [-0.05, 0) is 65.1 Å². The molecule has 0 unspecified atom stereocenters. The second kappa shape index (κ2) is 10.2. The smallest absolute Gasteiger partial charge is 0.0945 e. The van der Waals surface area contributed by atoms with E-state index in [1.165, 1.54) is 0 Å². The van der Waals surface area contributed by atoms with Crippen molar-refractivity contribution in [1.82, 2.24) is 0 Å². The molecule has 3 aromatic rings. The second-order valence-electron chi connectivity index (χ2n) is 9.19. The molecule has 0 radical (unpaired) electrons. The van der Waals surface area contributed by atoms with Crippen molar-refractivity contribution in [3.05, 3.63) is 83.9 Å². The van der Waals surface area contributed by atoms with E-state index in [1.54, 1.807) is 0 Å². The van der Waals surface area contributed by atoms with Gasteiger partial charge in [-0.1, -0.05) is 79.6 Å². The Labute approximate surface area is 207 Å². The second-order valence-corrected chi connectivity index (χ2v) is 12.2. The van der Waals surface area contributed by atoms with E-state index in [9.17, 15) is 25.9 Å². The maximum absolute atomic E-state index is 11.2. The van der Waals surface area contributed by atoms with Crippen molar-refractivity contribution >= 4 is 20.2 Å². The molecular weight excluding hydrogens is 484 g/mol. The van der Waals surface area contributed by atoms with Crippen LogP contribution in [-0.4, -0.2) is 37.4 Å². The van der Waals surface area contributed by atoms with Gasteiger partial charge in [-0.2, -0.15) is 0 Å². The van der Waals surface area contributed by atoms with Crippen molar-refractivity contribution in [2.75, 3.05) is 11.5 Å². The Kier molecular flexibility index (Phi) is 7.47. The summed E-state index contributed by atoms with van der Waals surface area (Å²) >= 11 is 0. The van der Waals surface area contributed by atoms with Crippen LogP contribution in [0, 0.1) is 0 Å². The third-order valence-corrected chi connectivity index (χ3v) is 8.45. The van der Waals surface area contributed by atoms with E-state index >= 15 is 0 Å². The van der Waals surface area contributed by atoms with Crippen molar-refractivity contribution in [3.8, 4) is 22.3 Å². The van der Waals surface area contributed by atoms with Crippen LogP contribution >= 0.6 is 0 Å². The summed E-state index contributed by atoms with van der Waals surface area (Å²) in [7, 11) is -8.58. The fraction of sp³-hybridized carbons (Fsp3) is 0.333. The minimum absolute atomic E-state index is 0.262. The van der Waals surface area contributed by atoms with Crippen molar-refractivity contribution in [3.63, 3.8) is 0 Å². The van der Waals surface area contributed by atoms with Gasteiger partial charge in [0.2, 0.25) is 0 Å². The maximum atomic E-state index is 11.2. The zero-order chi connectivity index (χ0) is 25.1. The van der Waals surface area contributed by atoms with Gasteiger partial charge in [0.15, 0.2) is 0 Å². The minimum atomic E-state index is -4.29. The molecule has 0 amide bonds. The molecule has 3 aromatic carbocycles. The Bertz CT molecular complexity index is 1360. The van der Waals surface area contributed by atoms with Crippen LogP contribution in [0.2, 0.25) is 0 Å². The lowest BCUT2D eigenvalue weighted by Crippen LogP contribution is -2.26. The molecular formula is C27H28O6S2-2. The summed E-state index contributed by atoms with van der Waals surface area (Å²) in [6.45, 7) is 0. The van der Waals surface area contributed by atoms with E-state index in [2.05, 4.69) is 30.3 Å². The van der Waals surface area contributed by atoms with Gasteiger partial charge in [0.05, 0.1) is 20.2 Å². The van der Waals surface area contributed by atoms with Gasteiger partial charge in [-0.25, -0.2) is 16.8 Å². The van der Waals surface area contributed by atoms with Gasteiger partial charge in [0.1, 0.15) is 0 Å². The summed E-state index contributed by atoms with van der Waals surface area (Å²) in [6, 6.07) is 24.5. The molecule has 4 rings (SSSR count). The predicted octanol–water partition coefficient (Wildman–Crippen LogP) is 5.05. The molecule has 0 saturated heterocycles. The summed E-state index contributed by atoms with van der Waals surface area (Å²) in [5.41, 5.74) is 6.13. The SMILES string of the molecule is O=S(=O)([O-])CCCCC1(CCCCS(=O)(=O)[O-])c2ccccc2-c2ccc(-c3ccccc3)cc21. The number of fused-ring (bicyclic) bond motifs is 3. The molecule has 6 nitrogen and oxygen atoms in total. The lowest BCUT2D eigenvalue weighted by molar-refractivity contribution is 0.408. The Balaban J connectivity index is 1.75. The van der Waals surface area contributed by atoms with Crippen LogP contribution in [0.15, 0.2) is 72.8 Å². The number of hydrogen-bond acceptors (Lipinski definition) is 6. The third-order valence-electron chi connectivity index (χ3n) is 6.87. The number of rotatable bonds is 11. The molecule has 0 aromatic heterocycles. The highest BCUT2D eigenvalue weighted by atomic mass is 32.2. The molecule has 8 heteroatoms. The molecule has 0 aliphatic heterocycles. The van der Waals surface area contributed by atoms with Crippen molar-refractivity contribution in [2.24, 2.45) is 0 Å². The van der Waals surface area contributed by atoms with Crippen molar-refractivity contribution < 1.29 is 25.9 Å². The molecule has 1 aliphatic carbocycles. The van der Waals surface area contributed by atoms with Gasteiger partial charge >= 0.3 is 0 Å². The lowest BCUT2D eigenvalue weighted by atomic mass is 9.70. The summed E-state index contributed by atoms with van der Waals surface area (Å²) in [5, 5.41) is 0. The molecule has 0 spiro atoms. The lowest BCUT2D eigenvalue weighted by Gasteiger charge is -2.33. The Morgan fingerprint density at radius 1 is 0.571 bits per heavy atom. The van der Waals surface area contributed by atoms with Crippen LogP contribution in [0.25, 0.3) is 22.3 Å². The topological polar surface area (TPSA) is 114 Å². The predicted molar refractivity (Wildman–Crippen MR) is 135 cm³/mol. The van der Waals surface area contributed by atoms with Crippen LogP contribution in [0.5, 0.6) is 0 Å². The van der Waals surface area contributed by atoms with Crippen molar-refractivity contribution in [2.45, 2.75) is 43.9 Å². The highest BCUT2D eigenvalue weighted by Crippen LogP contribution is 2.54. The number of hydrogen-bond donors (Lipinski definition) is 0. The Morgan fingerprint density at radius 2 is 1.11 bits per heavy atom. The van der Waals surface area contributed by atoms with Gasteiger partial charge in [-0.3, -0.25) is 0 Å². The maximum Gasteiger partial charge on any atom is 0.0945 e. The first kappa shape index (κ1) is 25.6. The molecule has 35 heavy (non-hydrogen) atoms. The average Bonchev–Trinajstić information content (AvgIpc) is 3.09. The molecule has 0 bridgehead atoms. The molecule has 0 atom stereocenters. The zero-order valence-corrected chi connectivity index (χ0v) is 21.0. The van der Waals surface area contributed by atoms with Crippen LogP contribution < -0.4 is 0 Å². The highest BCUT2D eigenvalue weighted by Gasteiger charge is 2.42. The first-order valence-electron chi connectivity index (χ1n) is 11.8. The molecule has 0 saturated carbocycles. The number of benzene rings is 3. The van der Waals surface area contributed by atoms with E-state index < -0.39 is 37.2 Å². The first-order chi connectivity index (χ1) is 16.6. The van der Waals surface area contributed by atoms with Crippen LogP contribution in [0.1, 0.15) is 49.7 Å². The monoisotopic (exact) mass is 512 g/mol. The van der Waals surface area contributed by atoms with E-state index in [-0.39, 0.29) is 12.8 Å². The fourth-order valence-electron chi connectivity index (χ4n) is 5.34. The molecule has 0 heterocycles. The van der Waals surface area contributed by atoms with Gasteiger partial charge in [-0.15, -0.1) is 0 Å². The third kappa shape index (κ3) is 6.01. The summed E-state index contributed by atoms with van der Waals surface area (Å²) in [6.07, 6.45) is 2.83. The standard InChI is InChI=1S/C27H30O6S2/c28-34(29,30)18-8-6-16-27(17-7-9-19-35(31,32)33)25-13-5-4-12-23(25)24-15-14-22(20-26(24)27)21-10-2-1-3-11-21/h1-5,10-15,20H,6-9,16-19H2,(H,28,29,30)(H,31,32,33)/p-2. The molecule has 0 fully saturated rings.